The lowest BCUT2D eigenvalue weighted by atomic mass is 10.2. The Kier molecular flexibility index (Phi) is 2.77. The molecule has 0 radical (unpaired) electrons. The molecule has 0 amide bonds. The van der Waals surface area contributed by atoms with Crippen LogP contribution in [0, 0.1) is 0 Å². The molecule has 0 aliphatic heterocycles. The van der Waals surface area contributed by atoms with E-state index < -0.39 is 0 Å². The average molecular weight is 158 g/mol. The number of nitrogens with zero attached hydrogens (tertiary/aromatic N) is 2. The highest BCUT2D eigenvalue weighted by Crippen LogP contribution is 2.05. The monoisotopic (exact) mass is 158 g/mol. The van der Waals surface area contributed by atoms with Gasteiger partial charge in [-0.15, -0.1) is 0 Å². The van der Waals surface area contributed by atoms with Gasteiger partial charge in [0, 0.05) is 6.42 Å². The lowest BCUT2D eigenvalue weighted by Crippen LogP contribution is -2.07. The van der Waals surface area contributed by atoms with Crippen LogP contribution in [-0.4, -0.2) is 20.6 Å². The van der Waals surface area contributed by atoms with E-state index in [2.05, 4.69) is 9.36 Å². The van der Waals surface area contributed by atoms with E-state index in [1.54, 1.807) is 0 Å². The summed E-state index contributed by atoms with van der Waals surface area (Å²) in [5.74, 6) is 0. The average Bonchev–Trinajstić information content (AvgIpc) is 2.40. The van der Waals surface area contributed by atoms with Gasteiger partial charge >= 0.3 is 0 Å². The third-order valence-electron chi connectivity index (χ3n) is 1.29. The second kappa shape index (κ2) is 3.63. The van der Waals surface area contributed by atoms with Crippen LogP contribution in [0.5, 0.6) is 0 Å². The van der Waals surface area contributed by atoms with Gasteiger partial charge in [-0.05, 0) is 18.0 Å². The molecule has 1 aromatic rings. The van der Waals surface area contributed by atoms with Crippen molar-refractivity contribution < 1.29 is 5.11 Å². The van der Waals surface area contributed by atoms with Gasteiger partial charge in [0.05, 0.1) is 6.10 Å². The Hall–Kier alpha value is -0.480. The molecular formula is C6H10N2OS. The van der Waals surface area contributed by atoms with Crippen molar-refractivity contribution in [2.24, 2.45) is 0 Å². The quantitative estimate of drug-likeness (QED) is 0.709. The molecule has 1 rings (SSSR count). The van der Waals surface area contributed by atoms with Gasteiger partial charge in [-0.25, -0.2) is 4.98 Å². The van der Waals surface area contributed by atoms with Crippen LogP contribution in [0.2, 0.25) is 0 Å². The molecule has 0 aromatic carbocycles. The largest absolute Gasteiger partial charge is 0.393 e. The van der Waals surface area contributed by atoms with Gasteiger partial charge in [0.2, 0.25) is 0 Å². The summed E-state index contributed by atoms with van der Waals surface area (Å²) in [6.45, 7) is 1.95. The van der Waals surface area contributed by atoms with Crippen LogP contribution in [0.4, 0.5) is 0 Å². The van der Waals surface area contributed by atoms with E-state index in [1.165, 1.54) is 17.9 Å². The van der Waals surface area contributed by atoms with Crippen molar-refractivity contribution in [1.82, 2.24) is 9.36 Å². The number of hydrogen-bond acceptors (Lipinski definition) is 4. The molecule has 0 aliphatic carbocycles. The van der Waals surface area contributed by atoms with Crippen molar-refractivity contribution in [2.75, 3.05) is 0 Å². The van der Waals surface area contributed by atoms with Crippen LogP contribution in [0.15, 0.2) is 6.33 Å². The first-order valence-corrected chi connectivity index (χ1v) is 4.04. The lowest BCUT2D eigenvalue weighted by Gasteiger charge is -2.01. The number of hydrogen-bond donors (Lipinski definition) is 1. The number of aromatic nitrogens is 2. The molecule has 56 valence electrons. The first-order valence-electron chi connectivity index (χ1n) is 3.26. The van der Waals surface area contributed by atoms with Crippen molar-refractivity contribution in [2.45, 2.75) is 25.9 Å². The Bertz CT molecular complexity index is 176. The Morgan fingerprint density at radius 1 is 1.80 bits per heavy atom. The van der Waals surface area contributed by atoms with Crippen LogP contribution in [0.25, 0.3) is 0 Å². The first kappa shape index (κ1) is 7.63. The fourth-order valence-corrected chi connectivity index (χ4v) is 1.21. The Morgan fingerprint density at radius 3 is 3.10 bits per heavy atom. The summed E-state index contributed by atoms with van der Waals surface area (Å²) >= 11 is 1.35. The van der Waals surface area contributed by atoms with E-state index in [0.717, 1.165) is 11.4 Å². The van der Waals surface area contributed by atoms with Gasteiger partial charge in [-0.1, -0.05) is 6.92 Å². The Labute approximate surface area is 63.9 Å². The maximum Gasteiger partial charge on any atom is 0.129 e. The molecule has 0 saturated heterocycles. The minimum absolute atomic E-state index is 0.257. The van der Waals surface area contributed by atoms with E-state index in [0.29, 0.717) is 6.42 Å². The highest BCUT2D eigenvalue weighted by Gasteiger charge is 2.03. The van der Waals surface area contributed by atoms with Gasteiger partial charge in [-0.2, -0.15) is 4.37 Å². The lowest BCUT2D eigenvalue weighted by molar-refractivity contribution is 0.170. The maximum absolute atomic E-state index is 9.17. The summed E-state index contributed by atoms with van der Waals surface area (Å²) < 4.78 is 3.83. The number of aliphatic hydroxyl groups excluding tert-OH is 1. The summed E-state index contributed by atoms with van der Waals surface area (Å²) in [5.41, 5.74) is 0. The molecule has 3 nitrogen and oxygen atoms in total. The van der Waals surface area contributed by atoms with Crippen molar-refractivity contribution in [3.8, 4) is 0 Å². The van der Waals surface area contributed by atoms with E-state index >= 15 is 0 Å². The highest BCUT2D eigenvalue weighted by molar-refractivity contribution is 7.05. The highest BCUT2D eigenvalue weighted by atomic mass is 32.1. The van der Waals surface area contributed by atoms with Crippen LogP contribution in [-0.2, 0) is 6.42 Å². The fraction of sp³-hybridized carbons (Fsp3) is 0.667. The Morgan fingerprint density at radius 2 is 2.60 bits per heavy atom. The van der Waals surface area contributed by atoms with Gasteiger partial charge in [0.15, 0.2) is 0 Å². The van der Waals surface area contributed by atoms with Crippen LogP contribution in [0.3, 0.4) is 0 Å². The van der Waals surface area contributed by atoms with Gasteiger partial charge in [0.1, 0.15) is 11.3 Å². The SMILES string of the molecule is CCC(O)Cc1ncns1. The minimum Gasteiger partial charge on any atom is -0.393 e. The summed E-state index contributed by atoms with van der Waals surface area (Å²) in [4.78, 5) is 3.95. The van der Waals surface area contributed by atoms with Crippen LogP contribution >= 0.6 is 11.5 Å². The van der Waals surface area contributed by atoms with Crippen LogP contribution in [0.1, 0.15) is 18.4 Å². The normalized spacial score (nSPS) is 13.4. The first-order chi connectivity index (χ1) is 4.83. The molecule has 0 fully saturated rings. The maximum atomic E-state index is 9.17. The molecule has 0 spiro atoms. The number of rotatable bonds is 3. The topological polar surface area (TPSA) is 46.0 Å². The number of aliphatic hydroxyl groups is 1. The second-order valence-corrected chi connectivity index (χ2v) is 2.97. The van der Waals surface area contributed by atoms with Crippen molar-refractivity contribution in [3.05, 3.63) is 11.3 Å². The molecule has 1 heterocycles. The minimum atomic E-state index is -0.257. The third kappa shape index (κ3) is 2.04. The summed E-state index contributed by atoms with van der Waals surface area (Å²) in [5, 5.41) is 10.1. The van der Waals surface area contributed by atoms with Crippen molar-refractivity contribution in [3.63, 3.8) is 0 Å². The summed E-state index contributed by atoms with van der Waals surface area (Å²) in [6, 6.07) is 0. The summed E-state index contributed by atoms with van der Waals surface area (Å²) in [6.07, 6.45) is 2.68. The molecule has 0 bridgehead atoms. The van der Waals surface area contributed by atoms with E-state index in [1.807, 2.05) is 6.92 Å². The van der Waals surface area contributed by atoms with Gasteiger partial charge < -0.3 is 5.11 Å². The zero-order valence-corrected chi connectivity index (χ0v) is 6.64. The molecule has 0 aliphatic rings. The molecule has 1 N–H and O–H groups in total. The van der Waals surface area contributed by atoms with Gasteiger partial charge in [0.25, 0.3) is 0 Å². The van der Waals surface area contributed by atoms with E-state index in [9.17, 15) is 0 Å². The Balaban J connectivity index is 2.40. The molecule has 1 atom stereocenters. The zero-order chi connectivity index (χ0) is 7.40. The second-order valence-electron chi connectivity index (χ2n) is 2.10. The summed E-state index contributed by atoms with van der Waals surface area (Å²) in [7, 11) is 0. The molecule has 1 aromatic heterocycles. The molecule has 1 unspecified atom stereocenters. The zero-order valence-electron chi connectivity index (χ0n) is 5.82. The van der Waals surface area contributed by atoms with Crippen molar-refractivity contribution >= 4 is 11.5 Å². The molecule has 4 heteroatoms. The third-order valence-corrected chi connectivity index (χ3v) is 1.97. The van der Waals surface area contributed by atoms with E-state index in [-0.39, 0.29) is 6.10 Å². The smallest absolute Gasteiger partial charge is 0.129 e. The molecular weight excluding hydrogens is 148 g/mol. The molecule has 0 saturated carbocycles. The van der Waals surface area contributed by atoms with Crippen LogP contribution < -0.4 is 0 Å². The standard InChI is InChI=1S/C6H10N2OS/c1-2-5(9)3-6-7-4-8-10-6/h4-5,9H,2-3H2,1H3. The molecule has 10 heavy (non-hydrogen) atoms. The van der Waals surface area contributed by atoms with E-state index in [4.69, 9.17) is 5.11 Å². The van der Waals surface area contributed by atoms with Crippen molar-refractivity contribution in [1.29, 1.82) is 0 Å². The fourth-order valence-electron chi connectivity index (χ4n) is 0.632. The predicted molar refractivity (Wildman–Crippen MR) is 39.9 cm³/mol. The van der Waals surface area contributed by atoms with Gasteiger partial charge in [-0.3, -0.25) is 0 Å². The predicted octanol–water partition coefficient (Wildman–Crippen LogP) is 0.852.